The lowest BCUT2D eigenvalue weighted by atomic mass is 10.1. The maximum absolute atomic E-state index is 9.40. The summed E-state index contributed by atoms with van der Waals surface area (Å²) in [5, 5.41) is 10.5. The Morgan fingerprint density at radius 3 is 2.46 bits per heavy atom. The summed E-state index contributed by atoms with van der Waals surface area (Å²) in [5.41, 5.74) is 2.79. The van der Waals surface area contributed by atoms with E-state index in [0.717, 1.165) is 64.4 Å². The van der Waals surface area contributed by atoms with Crippen molar-refractivity contribution in [1.29, 1.82) is 5.26 Å². The van der Waals surface area contributed by atoms with Crippen LogP contribution < -0.4 is 9.80 Å². The SMILES string of the molecule is N#Cc1ccccc1N1CCN(c2nc(C3CC3)nc3ccc(Br)cc23)CC1. The Bertz CT molecular complexity index is 1080. The Morgan fingerprint density at radius 2 is 1.71 bits per heavy atom. The molecule has 140 valence electrons. The number of hydrogen-bond donors (Lipinski definition) is 0. The summed E-state index contributed by atoms with van der Waals surface area (Å²) in [5.74, 6) is 2.55. The monoisotopic (exact) mass is 433 g/mol. The van der Waals surface area contributed by atoms with Gasteiger partial charge in [0.2, 0.25) is 0 Å². The number of aromatic nitrogens is 2. The number of hydrogen-bond acceptors (Lipinski definition) is 5. The molecule has 28 heavy (non-hydrogen) atoms. The van der Waals surface area contributed by atoms with E-state index in [0.29, 0.717) is 5.92 Å². The van der Waals surface area contributed by atoms with Gasteiger partial charge in [-0.2, -0.15) is 5.26 Å². The molecule has 6 heteroatoms. The molecule has 2 aromatic carbocycles. The van der Waals surface area contributed by atoms with Gasteiger partial charge in [0, 0.05) is 42.0 Å². The van der Waals surface area contributed by atoms with Crippen molar-refractivity contribution in [2.24, 2.45) is 0 Å². The quantitative estimate of drug-likeness (QED) is 0.609. The van der Waals surface area contributed by atoms with Gasteiger partial charge in [0.05, 0.1) is 16.8 Å². The topological polar surface area (TPSA) is 56.1 Å². The molecule has 5 nitrogen and oxygen atoms in total. The molecule has 0 atom stereocenters. The summed E-state index contributed by atoms with van der Waals surface area (Å²) < 4.78 is 1.05. The highest BCUT2D eigenvalue weighted by Crippen LogP contribution is 2.40. The molecule has 1 aromatic heterocycles. The summed E-state index contributed by atoms with van der Waals surface area (Å²) in [6, 6.07) is 16.4. The second kappa shape index (κ2) is 7.06. The highest BCUT2D eigenvalue weighted by atomic mass is 79.9. The first-order valence-electron chi connectivity index (χ1n) is 9.69. The minimum atomic E-state index is 0.524. The molecule has 0 radical (unpaired) electrons. The fraction of sp³-hybridized carbons (Fsp3) is 0.318. The fourth-order valence-electron chi connectivity index (χ4n) is 3.87. The number of halogens is 1. The molecule has 0 unspecified atom stereocenters. The van der Waals surface area contributed by atoms with Crippen molar-refractivity contribution >= 4 is 38.3 Å². The zero-order chi connectivity index (χ0) is 19.1. The van der Waals surface area contributed by atoms with Crippen molar-refractivity contribution in [2.45, 2.75) is 18.8 Å². The largest absolute Gasteiger partial charge is 0.367 e. The van der Waals surface area contributed by atoms with Crippen LogP contribution in [0, 0.1) is 11.3 Å². The number of fused-ring (bicyclic) bond motifs is 1. The van der Waals surface area contributed by atoms with E-state index in [1.54, 1.807) is 0 Å². The summed E-state index contributed by atoms with van der Waals surface area (Å²) in [7, 11) is 0. The molecule has 0 bridgehead atoms. The first-order chi connectivity index (χ1) is 13.7. The number of anilines is 2. The summed E-state index contributed by atoms with van der Waals surface area (Å²) in [6.45, 7) is 3.50. The Kier molecular flexibility index (Phi) is 4.40. The van der Waals surface area contributed by atoms with Crippen molar-refractivity contribution in [3.8, 4) is 6.07 Å². The van der Waals surface area contributed by atoms with Crippen LogP contribution >= 0.6 is 15.9 Å². The summed E-state index contributed by atoms with van der Waals surface area (Å²) in [4.78, 5) is 14.5. The van der Waals surface area contributed by atoms with E-state index in [1.807, 2.05) is 30.3 Å². The highest BCUT2D eigenvalue weighted by molar-refractivity contribution is 9.10. The van der Waals surface area contributed by atoms with Crippen LogP contribution in [0.4, 0.5) is 11.5 Å². The van der Waals surface area contributed by atoms with Crippen LogP contribution in [-0.2, 0) is 0 Å². The molecular formula is C22H20BrN5. The molecule has 1 aliphatic carbocycles. The third-order valence-corrected chi connectivity index (χ3v) is 6.04. The summed E-state index contributed by atoms with van der Waals surface area (Å²) in [6.07, 6.45) is 2.39. The Balaban J connectivity index is 1.45. The van der Waals surface area contributed by atoms with E-state index in [2.05, 4.69) is 43.9 Å². The molecule has 0 spiro atoms. The molecule has 2 heterocycles. The molecule has 1 aliphatic heterocycles. The normalized spacial score (nSPS) is 17.0. The van der Waals surface area contributed by atoms with Crippen LogP contribution in [-0.4, -0.2) is 36.1 Å². The predicted octanol–water partition coefficient (Wildman–Crippen LogP) is 4.47. The Labute approximate surface area is 172 Å². The van der Waals surface area contributed by atoms with Gasteiger partial charge in [0.25, 0.3) is 0 Å². The molecule has 0 N–H and O–H groups in total. The van der Waals surface area contributed by atoms with Crippen molar-refractivity contribution in [3.05, 3.63) is 58.3 Å². The van der Waals surface area contributed by atoms with Crippen molar-refractivity contribution in [1.82, 2.24) is 9.97 Å². The maximum atomic E-state index is 9.40. The van der Waals surface area contributed by atoms with E-state index in [-0.39, 0.29) is 0 Å². The standard InChI is InChI=1S/C22H20BrN5/c23-17-7-8-19-18(13-17)22(26-21(25-19)15-5-6-15)28-11-9-27(10-12-28)20-4-2-1-3-16(20)14-24/h1-4,7-8,13,15H,5-6,9-12H2. The van der Waals surface area contributed by atoms with Gasteiger partial charge in [0.15, 0.2) is 0 Å². The van der Waals surface area contributed by atoms with Crippen molar-refractivity contribution < 1.29 is 0 Å². The van der Waals surface area contributed by atoms with Crippen molar-refractivity contribution in [3.63, 3.8) is 0 Å². The molecule has 3 aromatic rings. The zero-order valence-corrected chi connectivity index (χ0v) is 17.1. The fourth-order valence-corrected chi connectivity index (χ4v) is 4.23. The van der Waals surface area contributed by atoms with Crippen LogP contribution in [0.1, 0.15) is 30.1 Å². The van der Waals surface area contributed by atoms with Gasteiger partial charge < -0.3 is 9.80 Å². The van der Waals surface area contributed by atoms with Crippen LogP contribution in [0.15, 0.2) is 46.9 Å². The Hall–Kier alpha value is -2.65. The number of benzene rings is 2. The number of nitrogens with zero attached hydrogens (tertiary/aromatic N) is 5. The molecule has 5 rings (SSSR count). The minimum Gasteiger partial charge on any atom is -0.367 e. The van der Waals surface area contributed by atoms with Gasteiger partial charge in [-0.3, -0.25) is 0 Å². The number of nitriles is 1. The van der Waals surface area contributed by atoms with Gasteiger partial charge in [-0.25, -0.2) is 9.97 Å². The number of para-hydroxylation sites is 1. The van der Waals surface area contributed by atoms with Gasteiger partial charge in [-0.1, -0.05) is 28.1 Å². The molecule has 2 fully saturated rings. The average Bonchev–Trinajstić information content (AvgIpc) is 3.58. The molecule has 1 saturated heterocycles. The van der Waals surface area contributed by atoms with Crippen LogP contribution in [0.5, 0.6) is 0 Å². The maximum Gasteiger partial charge on any atom is 0.140 e. The summed E-state index contributed by atoms with van der Waals surface area (Å²) >= 11 is 3.59. The van der Waals surface area contributed by atoms with Crippen LogP contribution in [0.25, 0.3) is 10.9 Å². The lowest BCUT2D eigenvalue weighted by Crippen LogP contribution is -2.47. The van der Waals surface area contributed by atoms with E-state index < -0.39 is 0 Å². The van der Waals surface area contributed by atoms with Gasteiger partial charge >= 0.3 is 0 Å². The van der Waals surface area contributed by atoms with Gasteiger partial charge in [-0.15, -0.1) is 0 Å². The zero-order valence-electron chi connectivity index (χ0n) is 15.5. The van der Waals surface area contributed by atoms with Gasteiger partial charge in [-0.05, 0) is 43.2 Å². The second-order valence-electron chi connectivity index (χ2n) is 7.44. The van der Waals surface area contributed by atoms with E-state index >= 15 is 0 Å². The second-order valence-corrected chi connectivity index (χ2v) is 8.36. The van der Waals surface area contributed by atoms with Gasteiger partial charge in [0.1, 0.15) is 17.7 Å². The molecular weight excluding hydrogens is 414 g/mol. The van der Waals surface area contributed by atoms with E-state index in [9.17, 15) is 5.26 Å². The van der Waals surface area contributed by atoms with Crippen LogP contribution in [0.2, 0.25) is 0 Å². The van der Waals surface area contributed by atoms with E-state index in [1.165, 1.54) is 12.8 Å². The molecule has 1 saturated carbocycles. The molecule has 2 aliphatic rings. The minimum absolute atomic E-state index is 0.524. The Morgan fingerprint density at radius 1 is 0.964 bits per heavy atom. The third kappa shape index (κ3) is 3.20. The first kappa shape index (κ1) is 17.4. The smallest absolute Gasteiger partial charge is 0.140 e. The molecule has 0 amide bonds. The predicted molar refractivity (Wildman–Crippen MR) is 115 cm³/mol. The number of rotatable bonds is 3. The number of piperazine rings is 1. The average molecular weight is 434 g/mol. The lowest BCUT2D eigenvalue weighted by Gasteiger charge is -2.37. The van der Waals surface area contributed by atoms with E-state index in [4.69, 9.17) is 9.97 Å². The lowest BCUT2D eigenvalue weighted by molar-refractivity contribution is 0.646. The van der Waals surface area contributed by atoms with Crippen molar-refractivity contribution in [2.75, 3.05) is 36.0 Å². The van der Waals surface area contributed by atoms with Crippen LogP contribution in [0.3, 0.4) is 0 Å². The highest BCUT2D eigenvalue weighted by Gasteiger charge is 2.29. The first-order valence-corrected chi connectivity index (χ1v) is 10.5. The third-order valence-electron chi connectivity index (χ3n) is 5.54.